The summed E-state index contributed by atoms with van der Waals surface area (Å²) in [6.07, 6.45) is 1.48. The summed E-state index contributed by atoms with van der Waals surface area (Å²) < 4.78 is 6.24. The second-order valence-electron chi connectivity index (χ2n) is 6.98. The molecule has 0 saturated heterocycles. The van der Waals surface area contributed by atoms with Crippen molar-refractivity contribution in [1.82, 2.24) is 5.32 Å². The van der Waals surface area contributed by atoms with Crippen molar-refractivity contribution in [2.24, 2.45) is 0 Å². The Kier molecular flexibility index (Phi) is 5.24. The largest absolute Gasteiger partial charge is 0.460 e. The van der Waals surface area contributed by atoms with Crippen molar-refractivity contribution >= 4 is 16.9 Å². The van der Waals surface area contributed by atoms with E-state index < -0.39 is 0 Å². The van der Waals surface area contributed by atoms with E-state index in [4.69, 9.17) is 4.42 Å². The van der Waals surface area contributed by atoms with Gasteiger partial charge in [-0.3, -0.25) is 4.79 Å². The summed E-state index contributed by atoms with van der Waals surface area (Å²) >= 11 is 0. The lowest BCUT2D eigenvalue weighted by Crippen LogP contribution is -2.22. The Labute approximate surface area is 165 Å². The van der Waals surface area contributed by atoms with E-state index >= 15 is 0 Å². The van der Waals surface area contributed by atoms with E-state index in [1.807, 2.05) is 42.5 Å². The predicted octanol–water partition coefficient (Wildman–Crippen LogP) is 5.37. The van der Waals surface area contributed by atoms with Crippen molar-refractivity contribution < 1.29 is 9.21 Å². The van der Waals surface area contributed by atoms with Gasteiger partial charge in [0.1, 0.15) is 11.3 Å². The Morgan fingerprint density at radius 1 is 0.893 bits per heavy atom. The maximum Gasteiger partial charge on any atom is 0.216 e. The lowest BCUT2D eigenvalue weighted by Gasteiger charge is -2.06. The van der Waals surface area contributed by atoms with Gasteiger partial charge in [-0.15, -0.1) is 0 Å². The fourth-order valence-corrected chi connectivity index (χ4v) is 3.57. The molecule has 0 aliphatic heterocycles. The van der Waals surface area contributed by atoms with Crippen LogP contribution in [-0.2, 0) is 17.6 Å². The van der Waals surface area contributed by atoms with Gasteiger partial charge in [-0.2, -0.15) is 0 Å². The zero-order valence-electron chi connectivity index (χ0n) is 15.9. The van der Waals surface area contributed by atoms with E-state index in [0.717, 1.165) is 29.6 Å². The number of nitrogens with one attached hydrogen (secondary N) is 1. The minimum atomic E-state index is -0.0117. The van der Waals surface area contributed by atoms with Crippen LogP contribution in [0.25, 0.3) is 22.1 Å². The normalized spacial score (nSPS) is 10.9. The first-order chi connectivity index (χ1) is 13.7. The minimum Gasteiger partial charge on any atom is -0.460 e. The molecule has 3 heteroatoms. The summed E-state index contributed by atoms with van der Waals surface area (Å²) in [5.74, 6) is 0.958. The van der Waals surface area contributed by atoms with E-state index in [1.54, 1.807) is 6.92 Å². The SMILES string of the molecule is CC(=O)NCCc1c(Cc2ccccc2)oc2ccc(-c3ccccc3)cc12. The molecule has 28 heavy (non-hydrogen) atoms. The van der Waals surface area contributed by atoms with Crippen LogP contribution in [0, 0.1) is 0 Å². The minimum absolute atomic E-state index is 0.0117. The van der Waals surface area contributed by atoms with Crippen molar-refractivity contribution in [3.63, 3.8) is 0 Å². The van der Waals surface area contributed by atoms with Crippen LogP contribution in [0.2, 0.25) is 0 Å². The van der Waals surface area contributed by atoms with E-state index in [1.165, 1.54) is 22.3 Å². The monoisotopic (exact) mass is 369 g/mol. The van der Waals surface area contributed by atoms with Crippen LogP contribution in [0.5, 0.6) is 0 Å². The molecule has 0 spiro atoms. The second-order valence-corrected chi connectivity index (χ2v) is 6.98. The fraction of sp³-hybridized carbons (Fsp3) is 0.160. The van der Waals surface area contributed by atoms with Crippen molar-refractivity contribution in [3.8, 4) is 11.1 Å². The molecule has 4 rings (SSSR count). The lowest BCUT2D eigenvalue weighted by molar-refractivity contribution is -0.118. The Morgan fingerprint density at radius 2 is 1.61 bits per heavy atom. The molecule has 0 bridgehead atoms. The van der Waals surface area contributed by atoms with Crippen molar-refractivity contribution in [2.45, 2.75) is 19.8 Å². The van der Waals surface area contributed by atoms with E-state index in [0.29, 0.717) is 6.54 Å². The maximum atomic E-state index is 11.3. The van der Waals surface area contributed by atoms with Crippen LogP contribution in [0.3, 0.4) is 0 Å². The highest BCUT2D eigenvalue weighted by atomic mass is 16.3. The van der Waals surface area contributed by atoms with Crippen LogP contribution in [0.4, 0.5) is 0 Å². The number of rotatable bonds is 6. The first-order valence-electron chi connectivity index (χ1n) is 9.59. The Balaban J connectivity index is 1.75. The van der Waals surface area contributed by atoms with Crippen molar-refractivity contribution in [1.29, 1.82) is 0 Å². The number of carbonyl (C=O) groups excluding carboxylic acids is 1. The van der Waals surface area contributed by atoms with Gasteiger partial charge in [0.2, 0.25) is 5.91 Å². The summed E-state index contributed by atoms with van der Waals surface area (Å²) in [7, 11) is 0. The van der Waals surface area contributed by atoms with Gasteiger partial charge in [0, 0.05) is 30.8 Å². The number of benzene rings is 3. The highest BCUT2D eigenvalue weighted by molar-refractivity contribution is 5.87. The predicted molar refractivity (Wildman–Crippen MR) is 113 cm³/mol. The number of fused-ring (bicyclic) bond motifs is 1. The van der Waals surface area contributed by atoms with E-state index in [9.17, 15) is 4.79 Å². The molecule has 1 N–H and O–H groups in total. The third-order valence-corrected chi connectivity index (χ3v) is 4.94. The zero-order chi connectivity index (χ0) is 19.3. The molecule has 0 radical (unpaired) electrons. The molecule has 4 aromatic rings. The summed E-state index contributed by atoms with van der Waals surface area (Å²) in [5, 5.41) is 4.03. The standard InChI is InChI=1S/C25H23NO2/c1-18(27)26-15-14-22-23-17-21(20-10-6-3-7-11-20)12-13-24(23)28-25(22)16-19-8-4-2-5-9-19/h2-13,17H,14-16H2,1H3,(H,26,27). The fourth-order valence-electron chi connectivity index (χ4n) is 3.57. The van der Waals surface area contributed by atoms with Gasteiger partial charge >= 0.3 is 0 Å². The Morgan fingerprint density at radius 3 is 2.32 bits per heavy atom. The zero-order valence-corrected chi connectivity index (χ0v) is 15.9. The highest BCUT2D eigenvalue weighted by Gasteiger charge is 2.15. The Hall–Kier alpha value is -3.33. The van der Waals surface area contributed by atoms with E-state index in [-0.39, 0.29) is 5.91 Å². The smallest absolute Gasteiger partial charge is 0.216 e. The van der Waals surface area contributed by atoms with Gasteiger partial charge < -0.3 is 9.73 Å². The molecule has 0 fully saturated rings. The number of amides is 1. The summed E-state index contributed by atoms with van der Waals surface area (Å²) in [4.78, 5) is 11.3. The van der Waals surface area contributed by atoms with Crippen LogP contribution < -0.4 is 5.32 Å². The molecule has 1 amide bonds. The second kappa shape index (κ2) is 8.13. The molecule has 0 atom stereocenters. The molecule has 0 aliphatic rings. The highest BCUT2D eigenvalue weighted by Crippen LogP contribution is 2.32. The summed E-state index contributed by atoms with van der Waals surface area (Å²) in [6, 6.07) is 27.0. The van der Waals surface area contributed by atoms with Crippen LogP contribution in [0.15, 0.2) is 83.3 Å². The summed E-state index contributed by atoms with van der Waals surface area (Å²) in [5.41, 5.74) is 5.63. The van der Waals surface area contributed by atoms with Crippen LogP contribution in [-0.4, -0.2) is 12.5 Å². The molecular weight excluding hydrogens is 346 g/mol. The van der Waals surface area contributed by atoms with Crippen LogP contribution >= 0.6 is 0 Å². The molecule has 3 aromatic carbocycles. The number of carbonyl (C=O) groups is 1. The first kappa shape index (κ1) is 18.1. The molecule has 1 aromatic heterocycles. The third-order valence-electron chi connectivity index (χ3n) is 4.94. The van der Waals surface area contributed by atoms with Crippen molar-refractivity contribution in [2.75, 3.05) is 6.54 Å². The number of hydrogen-bond acceptors (Lipinski definition) is 2. The average Bonchev–Trinajstić information content (AvgIpc) is 3.05. The van der Waals surface area contributed by atoms with Gasteiger partial charge in [-0.25, -0.2) is 0 Å². The molecule has 0 saturated carbocycles. The quantitative estimate of drug-likeness (QED) is 0.496. The van der Waals surface area contributed by atoms with Crippen LogP contribution in [0.1, 0.15) is 23.8 Å². The molecule has 1 heterocycles. The van der Waals surface area contributed by atoms with Crippen molar-refractivity contribution in [3.05, 3.63) is 95.7 Å². The van der Waals surface area contributed by atoms with Gasteiger partial charge in [-0.05, 0) is 35.2 Å². The van der Waals surface area contributed by atoms with Gasteiger partial charge in [0.25, 0.3) is 0 Å². The summed E-state index contributed by atoms with van der Waals surface area (Å²) in [6.45, 7) is 2.15. The molecular formula is C25H23NO2. The average molecular weight is 369 g/mol. The maximum absolute atomic E-state index is 11.3. The number of furan rings is 1. The molecule has 0 aliphatic carbocycles. The van der Waals surface area contributed by atoms with Gasteiger partial charge in [0.05, 0.1) is 0 Å². The van der Waals surface area contributed by atoms with Gasteiger partial charge in [-0.1, -0.05) is 66.7 Å². The topological polar surface area (TPSA) is 42.2 Å². The van der Waals surface area contributed by atoms with Gasteiger partial charge in [0.15, 0.2) is 0 Å². The molecule has 3 nitrogen and oxygen atoms in total. The third kappa shape index (κ3) is 3.99. The number of hydrogen-bond donors (Lipinski definition) is 1. The molecule has 0 unspecified atom stereocenters. The van der Waals surface area contributed by atoms with E-state index in [2.05, 4.69) is 41.7 Å². The molecule has 140 valence electrons. The first-order valence-corrected chi connectivity index (χ1v) is 9.59. The lowest BCUT2D eigenvalue weighted by atomic mass is 9.99. The Bertz CT molecular complexity index is 1080.